The van der Waals surface area contributed by atoms with Crippen molar-refractivity contribution in [3.8, 4) is 0 Å². The average Bonchev–Trinajstić information content (AvgIpc) is 3.05. The van der Waals surface area contributed by atoms with Crippen LogP contribution in [0.3, 0.4) is 0 Å². The van der Waals surface area contributed by atoms with Crippen LogP contribution in [0.2, 0.25) is 0 Å². The molecule has 2 fully saturated rings. The molecule has 14 heteroatoms. The van der Waals surface area contributed by atoms with Gasteiger partial charge in [-0.05, 0) is 19.1 Å². The Balaban J connectivity index is 1.93. The van der Waals surface area contributed by atoms with Gasteiger partial charge in [-0.15, -0.1) is 0 Å². The highest BCUT2D eigenvalue weighted by Crippen LogP contribution is 2.39. The summed E-state index contributed by atoms with van der Waals surface area (Å²) >= 11 is 0. The van der Waals surface area contributed by atoms with Crippen LogP contribution in [-0.2, 0) is 28.5 Å². The lowest BCUT2D eigenvalue weighted by Gasteiger charge is -2.43. The maximum atomic E-state index is 12.8. The second kappa shape index (κ2) is 10.2. The number of hydrogen-bond donors (Lipinski definition) is 7. The minimum absolute atomic E-state index is 0.271. The van der Waals surface area contributed by atoms with Gasteiger partial charge in [0.25, 0.3) is 10.1 Å². The molecule has 9 atom stereocenters. The molecule has 13 nitrogen and oxygen atoms in total. The van der Waals surface area contributed by atoms with Crippen molar-refractivity contribution >= 4 is 10.1 Å². The number of aliphatic hydroxyl groups excluding tert-OH is 7. The quantitative estimate of drug-likeness (QED) is 0.173. The third-order valence-corrected chi connectivity index (χ3v) is 6.89. The molecule has 3 rings (SSSR count). The summed E-state index contributed by atoms with van der Waals surface area (Å²) in [5.74, 6) is -2.49. The SMILES string of the molecule is Cc1ccc(S(=O)(=O)O[C@H]2[C@H](O)[C@@H](CO)O[C@@]2(CO)O[C@H]2O[C@H](CO)[C@@H](O)[C@H](O)[C@H]2O)cc1. The second-order valence-corrected chi connectivity index (χ2v) is 9.47. The molecule has 2 saturated heterocycles. The molecule has 0 aromatic heterocycles. The van der Waals surface area contributed by atoms with E-state index in [1.807, 2.05) is 0 Å². The highest BCUT2D eigenvalue weighted by molar-refractivity contribution is 7.86. The normalized spacial score (nSPS) is 39.6. The van der Waals surface area contributed by atoms with Gasteiger partial charge in [0, 0.05) is 0 Å². The van der Waals surface area contributed by atoms with Crippen LogP contribution in [0, 0.1) is 6.92 Å². The van der Waals surface area contributed by atoms with Gasteiger partial charge < -0.3 is 50.0 Å². The summed E-state index contributed by atoms with van der Waals surface area (Å²) in [5.41, 5.74) is 0.772. The number of benzene rings is 1. The molecule has 7 N–H and O–H groups in total. The van der Waals surface area contributed by atoms with Gasteiger partial charge in [0.1, 0.15) is 43.2 Å². The Hall–Kier alpha value is -1.27. The monoisotopic (exact) mass is 496 g/mol. The van der Waals surface area contributed by atoms with Gasteiger partial charge in [0.05, 0.1) is 18.1 Å². The number of rotatable bonds is 8. The van der Waals surface area contributed by atoms with E-state index in [1.165, 1.54) is 24.3 Å². The first-order valence-electron chi connectivity index (χ1n) is 10.1. The van der Waals surface area contributed by atoms with Crippen LogP contribution >= 0.6 is 0 Å². The summed E-state index contributed by atoms with van der Waals surface area (Å²) in [5, 5.41) is 69.7. The minimum atomic E-state index is -4.54. The first-order chi connectivity index (χ1) is 15.5. The van der Waals surface area contributed by atoms with Gasteiger partial charge in [-0.3, -0.25) is 4.18 Å². The molecule has 0 bridgehead atoms. The van der Waals surface area contributed by atoms with Crippen LogP contribution in [0.1, 0.15) is 5.56 Å². The Morgan fingerprint density at radius 3 is 2.06 bits per heavy atom. The van der Waals surface area contributed by atoms with Gasteiger partial charge in [-0.25, -0.2) is 0 Å². The predicted octanol–water partition coefficient (Wildman–Crippen LogP) is -3.67. The van der Waals surface area contributed by atoms with Crippen molar-refractivity contribution in [2.45, 2.75) is 66.6 Å². The molecule has 0 spiro atoms. The Morgan fingerprint density at radius 2 is 1.52 bits per heavy atom. The Bertz CT molecular complexity index is 891. The van der Waals surface area contributed by atoms with E-state index in [9.17, 15) is 44.2 Å². The molecule has 2 aliphatic heterocycles. The Labute approximate surface area is 189 Å². The lowest BCUT2D eigenvalue weighted by Crippen LogP contribution is -2.63. The van der Waals surface area contributed by atoms with E-state index >= 15 is 0 Å². The van der Waals surface area contributed by atoms with Crippen LogP contribution in [0.25, 0.3) is 0 Å². The molecule has 188 valence electrons. The summed E-state index contributed by atoms with van der Waals surface area (Å²) in [6.45, 7) is -0.987. The highest BCUT2D eigenvalue weighted by Gasteiger charge is 2.61. The summed E-state index contributed by atoms with van der Waals surface area (Å²) in [4.78, 5) is -0.271. The zero-order valence-corrected chi connectivity index (χ0v) is 18.4. The van der Waals surface area contributed by atoms with E-state index in [-0.39, 0.29) is 4.90 Å². The lowest BCUT2D eigenvalue weighted by molar-refractivity contribution is -0.381. The van der Waals surface area contributed by atoms with Crippen LogP contribution in [0.4, 0.5) is 0 Å². The van der Waals surface area contributed by atoms with Crippen LogP contribution in [0.15, 0.2) is 29.2 Å². The molecule has 2 heterocycles. The molecule has 0 saturated carbocycles. The minimum Gasteiger partial charge on any atom is -0.394 e. The van der Waals surface area contributed by atoms with Crippen molar-refractivity contribution < 1.29 is 62.6 Å². The van der Waals surface area contributed by atoms with Crippen molar-refractivity contribution in [1.82, 2.24) is 0 Å². The molecule has 1 aromatic rings. The number of aryl methyl sites for hydroxylation is 1. The molecule has 1 aromatic carbocycles. The largest absolute Gasteiger partial charge is 0.394 e. The molecular weight excluding hydrogens is 468 g/mol. The van der Waals surface area contributed by atoms with E-state index in [4.69, 9.17) is 18.4 Å². The topological polar surface area (TPSA) is 213 Å². The maximum Gasteiger partial charge on any atom is 0.297 e. The fourth-order valence-electron chi connectivity index (χ4n) is 3.64. The molecule has 0 radical (unpaired) electrons. The third kappa shape index (κ3) is 5.07. The third-order valence-electron chi connectivity index (χ3n) is 5.58. The molecule has 0 amide bonds. The van der Waals surface area contributed by atoms with Crippen molar-refractivity contribution in [3.63, 3.8) is 0 Å². The van der Waals surface area contributed by atoms with E-state index in [1.54, 1.807) is 6.92 Å². The fourth-order valence-corrected chi connectivity index (χ4v) is 4.76. The highest BCUT2D eigenvalue weighted by atomic mass is 32.2. The maximum absolute atomic E-state index is 12.8. The molecule has 2 aliphatic rings. The lowest BCUT2D eigenvalue weighted by atomic mass is 9.99. The van der Waals surface area contributed by atoms with Gasteiger partial charge in [0.15, 0.2) is 12.4 Å². The number of hydrogen-bond acceptors (Lipinski definition) is 13. The second-order valence-electron chi connectivity index (χ2n) is 7.90. The average molecular weight is 496 g/mol. The smallest absolute Gasteiger partial charge is 0.297 e. The fraction of sp³-hybridized carbons (Fsp3) is 0.684. The van der Waals surface area contributed by atoms with E-state index in [0.29, 0.717) is 0 Å². The van der Waals surface area contributed by atoms with Crippen molar-refractivity contribution in [2.24, 2.45) is 0 Å². The van der Waals surface area contributed by atoms with Crippen molar-refractivity contribution in [1.29, 1.82) is 0 Å². The number of aliphatic hydroxyl groups is 7. The van der Waals surface area contributed by atoms with E-state index < -0.39 is 84.7 Å². The van der Waals surface area contributed by atoms with Crippen LogP contribution in [0.5, 0.6) is 0 Å². The Kier molecular flexibility index (Phi) is 8.10. The van der Waals surface area contributed by atoms with Crippen molar-refractivity contribution in [2.75, 3.05) is 19.8 Å². The van der Waals surface area contributed by atoms with Gasteiger partial charge in [-0.1, -0.05) is 17.7 Å². The van der Waals surface area contributed by atoms with Crippen molar-refractivity contribution in [3.05, 3.63) is 29.8 Å². The standard InChI is InChI=1S/C19H28O13S/c1-9-2-4-10(5-3-9)33(27,28)32-17-14(24)12(7-21)30-19(17,8-22)31-18-16(26)15(25)13(23)11(6-20)29-18/h2-5,11-18,20-26H,6-8H2,1H3/t11-,12-,13-,14-,15+,16-,17+,18-,19+/m1/s1. The summed E-state index contributed by atoms with van der Waals surface area (Å²) < 4.78 is 46.9. The van der Waals surface area contributed by atoms with E-state index in [0.717, 1.165) is 5.56 Å². The zero-order valence-electron chi connectivity index (χ0n) is 17.5. The van der Waals surface area contributed by atoms with Gasteiger partial charge >= 0.3 is 0 Å². The van der Waals surface area contributed by atoms with Crippen LogP contribution < -0.4 is 0 Å². The zero-order chi connectivity index (χ0) is 24.6. The molecule has 0 aliphatic carbocycles. The van der Waals surface area contributed by atoms with E-state index in [2.05, 4.69) is 0 Å². The molecule has 0 unspecified atom stereocenters. The number of ether oxygens (including phenoxy) is 3. The summed E-state index contributed by atoms with van der Waals surface area (Å²) in [6.07, 6.45) is -13.9. The van der Waals surface area contributed by atoms with Gasteiger partial charge in [-0.2, -0.15) is 8.42 Å². The first-order valence-corrected chi connectivity index (χ1v) is 11.5. The van der Waals surface area contributed by atoms with Gasteiger partial charge in [0.2, 0.25) is 5.79 Å². The predicted molar refractivity (Wildman–Crippen MR) is 106 cm³/mol. The molecule has 33 heavy (non-hydrogen) atoms. The van der Waals surface area contributed by atoms with Crippen LogP contribution in [-0.4, -0.2) is 119 Å². The molecular formula is C19H28O13S. The summed E-state index contributed by atoms with van der Waals surface area (Å²) in [6, 6.07) is 5.54. The Morgan fingerprint density at radius 1 is 0.909 bits per heavy atom. The summed E-state index contributed by atoms with van der Waals surface area (Å²) in [7, 11) is -4.54. The first kappa shape index (κ1) is 26.3.